The average molecular weight is 352 g/mol. The summed E-state index contributed by atoms with van der Waals surface area (Å²) in [6.07, 6.45) is 3.65. The van der Waals surface area contributed by atoms with E-state index in [1.807, 2.05) is 42.4 Å². The van der Waals surface area contributed by atoms with Gasteiger partial charge in [0.1, 0.15) is 0 Å². The molecule has 0 saturated carbocycles. The molecule has 0 spiro atoms. The predicted molar refractivity (Wildman–Crippen MR) is 105 cm³/mol. The predicted octanol–water partition coefficient (Wildman–Crippen LogP) is 3.86. The van der Waals surface area contributed by atoms with Crippen LogP contribution in [0.25, 0.3) is 0 Å². The molecule has 5 heteroatoms. The quantitative estimate of drug-likeness (QED) is 0.909. The zero-order valence-corrected chi connectivity index (χ0v) is 15.9. The van der Waals surface area contributed by atoms with E-state index in [9.17, 15) is 4.79 Å². The van der Waals surface area contributed by atoms with Crippen molar-refractivity contribution >= 4 is 11.7 Å². The van der Waals surface area contributed by atoms with Crippen LogP contribution >= 0.6 is 0 Å². The Balaban J connectivity index is 1.58. The van der Waals surface area contributed by atoms with Gasteiger partial charge in [0.2, 0.25) is 0 Å². The number of hydrogen-bond donors (Lipinski definition) is 1. The molecule has 3 rings (SSSR count). The van der Waals surface area contributed by atoms with Gasteiger partial charge in [-0.1, -0.05) is 32.0 Å². The number of hydrogen-bond acceptors (Lipinski definition) is 3. The Morgan fingerprint density at radius 3 is 2.46 bits per heavy atom. The van der Waals surface area contributed by atoms with Gasteiger partial charge < -0.3 is 10.2 Å². The van der Waals surface area contributed by atoms with Crippen molar-refractivity contribution in [2.24, 2.45) is 0 Å². The first-order valence-corrected chi connectivity index (χ1v) is 9.31. The fraction of sp³-hybridized carbons (Fsp3) is 0.429. The van der Waals surface area contributed by atoms with Gasteiger partial charge in [-0.3, -0.25) is 9.88 Å². The Kier molecular flexibility index (Phi) is 5.89. The van der Waals surface area contributed by atoms with Gasteiger partial charge in [-0.2, -0.15) is 0 Å². The van der Waals surface area contributed by atoms with Crippen molar-refractivity contribution in [3.8, 4) is 0 Å². The van der Waals surface area contributed by atoms with Crippen LogP contribution in [-0.4, -0.2) is 47.0 Å². The van der Waals surface area contributed by atoms with Gasteiger partial charge in [0, 0.05) is 50.8 Å². The number of nitrogens with zero attached hydrogens (tertiary/aromatic N) is 3. The third kappa shape index (κ3) is 4.41. The number of nitrogens with one attached hydrogen (secondary N) is 1. The minimum absolute atomic E-state index is 0.00441. The lowest BCUT2D eigenvalue weighted by atomic mass is 9.98. The molecular weight excluding hydrogens is 324 g/mol. The van der Waals surface area contributed by atoms with Crippen LogP contribution in [0.3, 0.4) is 0 Å². The largest absolute Gasteiger partial charge is 0.322 e. The van der Waals surface area contributed by atoms with Crippen molar-refractivity contribution < 1.29 is 4.79 Å². The summed E-state index contributed by atoms with van der Waals surface area (Å²) >= 11 is 0. The summed E-state index contributed by atoms with van der Waals surface area (Å²) in [4.78, 5) is 21.1. The summed E-state index contributed by atoms with van der Waals surface area (Å²) < 4.78 is 0. The van der Waals surface area contributed by atoms with Crippen molar-refractivity contribution in [2.75, 3.05) is 31.5 Å². The lowest BCUT2D eigenvalue weighted by Gasteiger charge is -2.35. The maximum Gasteiger partial charge on any atom is 0.321 e. The van der Waals surface area contributed by atoms with Crippen LogP contribution in [0, 0.1) is 6.92 Å². The third-order valence-electron chi connectivity index (χ3n) is 4.97. The number of para-hydroxylation sites is 1. The third-order valence-corrected chi connectivity index (χ3v) is 4.97. The topological polar surface area (TPSA) is 48.5 Å². The lowest BCUT2D eigenvalue weighted by Crippen LogP contribution is -2.49. The van der Waals surface area contributed by atoms with E-state index in [4.69, 9.17) is 0 Å². The number of carbonyl (C=O) groups is 1. The molecule has 2 amide bonds. The van der Waals surface area contributed by atoms with Gasteiger partial charge in [-0.05, 0) is 41.7 Å². The van der Waals surface area contributed by atoms with E-state index in [0.29, 0.717) is 5.92 Å². The van der Waals surface area contributed by atoms with Crippen LogP contribution in [0.5, 0.6) is 0 Å². The standard InChI is InChI=1S/C21H28N4O/c1-16(2)19-6-4-5-17(3)20(19)23-21(26)25-13-11-24(12-14-25)15-18-7-9-22-10-8-18/h4-10,16H,11-15H2,1-3H3,(H,23,26). The molecule has 138 valence electrons. The van der Waals surface area contributed by atoms with Gasteiger partial charge >= 0.3 is 6.03 Å². The monoisotopic (exact) mass is 352 g/mol. The number of urea groups is 1. The van der Waals surface area contributed by atoms with Crippen molar-refractivity contribution in [1.82, 2.24) is 14.8 Å². The molecule has 26 heavy (non-hydrogen) atoms. The fourth-order valence-electron chi connectivity index (χ4n) is 3.38. The van der Waals surface area contributed by atoms with Crippen molar-refractivity contribution in [3.63, 3.8) is 0 Å². The molecule has 0 atom stereocenters. The highest BCUT2D eigenvalue weighted by atomic mass is 16.2. The van der Waals surface area contributed by atoms with E-state index in [0.717, 1.165) is 44.0 Å². The molecule has 1 aromatic heterocycles. The van der Waals surface area contributed by atoms with Crippen molar-refractivity contribution in [1.29, 1.82) is 0 Å². The number of rotatable bonds is 4. The molecular formula is C21H28N4O. The molecule has 1 N–H and O–H groups in total. The zero-order valence-electron chi connectivity index (χ0n) is 15.9. The van der Waals surface area contributed by atoms with Gasteiger partial charge in [0.15, 0.2) is 0 Å². The summed E-state index contributed by atoms with van der Waals surface area (Å²) in [5, 5.41) is 3.15. The molecule has 1 saturated heterocycles. The van der Waals surface area contributed by atoms with E-state index < -0.39 is 0 Å². The second kappa shape index (κ2) is 8.32. The average Bonchev–Trinajstić information content (AvgIpc) is 2.64. The second-order valence-corrected chi connectivity index (χ2v) is 7.24. The highest BCUT2D eigenvalue weighted by molar-refractivity contribution is 5.91. The SMILES string of the molecule is Cc1cccc(C(C)C)c1NC(=O)N1CCN(Cc2ccncc2)CC1. The summed E-state index contributed by atoms with van der Waals surface area (Å²) in [7, 11) is 0. The number of benzene rings is 1. The summed E-state index contributed by atoms with van der Waals surface area (Å²) in [6, 6.07) is 10.3. The fourth-order valence-corrected chi connectivity index (χ4v) is 3.38. The Morgan fingerprint density at radius 1 is 1.12 bits per heavy atom. The summed E-state index contributed by atoms with van der Waals surface area (Å²) in [5.74, 6) is 0.377. The van der Waals surface area contributed by atoms with Crippen LogP contribution in [0.4, 0.5) is 10.5 Å². The molecule has 0 unspecified atom stereocenters. The van der Waals surface area contributed by atoms with Crippen LogP contribution in [0.15, 0.2) is 42.7 Å². The van der Waals surface area contributed by atoms with Gasteiger partial charge in [0.25, 0.3) is 0 Å². The highest BCUT2D eigenvalue weighted by Gasteiger charge is 2.22. The summed E-state index contributed by atoms with van der Waals surface area (Å²) in [6.45, 7) is 10.5. The maximum atomic E-state index is 12.7. The normalized spacial score (nSPS) is 15.3. The van der Waals surface area contributed by atoms with E-state index in [1.165, 1.54) is 11.1 Å². The number of aromatic nitrogens is 1. The number of pyridine rings is 1. The van der Waals surface area contributed by atoms with Gasteiger partial charge in [-0.25, -0.2) is 4.79 Å². The molecule has 5 nitrogen and oxygen atoms in total. The van der Waals surface area contributed by atoms with E-state index >= 15 is 0 Å². The molecule has 0 aliphatic carbocycles. The second-order valence-electron chi connectivity index (χ2n) is 7.24. The van der Waals surface area contributed by atoms with Crippen LogP contribution in [0.1, 0.15) is 36.5 Å². The molecule has 1 aliphatic rings. The zero-order chi connectivity index (χ0) is 18.5. The van der Waals surface area contributed by atoms with E-state index in [2.05, 4.69) is 41.2 Å². The van der Waals surface area contributed by atoms with E-state index in [-0.39, 0.29) is 6.03 Å². The van der Waals surface area contributed by atoms with Crippen LogP contribution < -0.4 is 5.32 Å². The Hall–Kier alpha value is -2.40. The number of amides is 2. The highest BCUT2D eigenvalue weighted by Crippen LogP contribution is 2.27. The molecule has 1 aromatic carbocycles. The van der Waals surface area contributed by atoms with Crippen LogP contribution in [-0.2, 0) is 6.54 Å². The number of carbonyl (C=O) groups excluding carboxylic acids is 1. The maximum absolute atomic E-state index is 12.7. The minimum Gasteiger partial charge on any atom is -0.322 e. The molecule has 2 heterocycles. The Morgan fingerprint density at radius 2 is 1.81 bits per heavy atom. The number of piperazine rings is 1. The van der Waals surface area contributed by atoms with E-state index in [1.54, 1.807) is 0 Å². The summed E-state index contributed by atoms with van der Waals surface area (Å²) in [5.41, 5.74) is 4.53. The molecule has 1 fully saturated rings. The van der Waals surface area contributed by atoms with Gasteiger partial charge in [0.05, 0.1) is 0 Å². The smallest absolute Gasteiger partial charge is 0.321 e. The van der Waals surface area contributed by atoms with Crippen molar-refractivity contribution in [2.45, 2.75) is 33.2 Å². The van der Waals surface area contributed by atoms with Gasteiger partial charge in [-0.15, -0.1) is 0 Å². The minimum atomic E-state index is 0.00441. The molecule has 1 aliphatic heterocycles. The number of aryl methyl sites for hydroxylation is 1. The molecule has 2 aromatic rings. The first kappa shape index (κ1) is 18.4. The lowest BCUT2D eigenvalue weighted by molar-refractivity contribution is 0.143. The Labute approximate surface area is 156 Å². The number of anilines is 1. The Bertz CT molecular complexity index is 737. The van der Waals surface area contributed by atoms with Crippen molar-refractivity contribution in [3.05, 3.63) is 59.4 Å². The first-order valence-electron chi connectivity index (χ1n) is 9.31. The molecule has 0 radical (unpaired) electrons. The van der Waals surface area contributed by atoms with Crippen LogP contribution in [0.2, 0.25) is 0 Å². The molecule has 0 bridgehead atoms. The first-order chi connectivity index (χ1) is 12.5.